The van der Waals surface area contributed by atoms with E-state index >= 15 is 0 Å². The van der Waals surface area contributed by atoms with E-state index in [-0.39, 0.29) is 16.5 Å². The van der Waals surface area contributed by atoms with Crippen LogP contribution >= 0.6 is 27.5 Å². The molecule has 1 nitrogen and oxygen atoms in total. The van der Waals surface area contributed by atoms with Crippen LogP contribution in [-0.4, -0.2) is 10.6 Å². The van der Waals surface area contributed by atoms with Gasteiger partial charge in [-0.2, -0.15) is 0 Å². The van der Waals surface area contributed by atoms with Gasteiger partial charge in [-0.3, -0.25) is 4.79 Å². The van der Waals surface area contributed by atoms with Crippen LogP contribution in [-0.2, 0) is 4.79 Å². The fraction of sp³-hybridized carbons (Fsp3) is 0.417. The Kier molecular flexibility index (Phi) is 4.35. The molecule has 0 heterocycles. The van der Waals surface area contributed by atoms with Crippen LogP contribution in [0.4, 0.5) is 0 Å². The summed E-state index contributed by atoms with van der Waals surface area (Å²) in [5.74, 6) is 0.281. The van der Waals surface area contributed by atoms with Crippen LogP contribution in [0.15, 0.2) is 18.2 Å². The van der Waals surface area contributed by atoms with Crippen LogP contribution in [0.3, 0.4) is 0 Å². The predicted octanol–water partition coefficient (Wildman–Crippen LogP) is 4.10. The van der Waals surface area contributed by atoms with Gasteiger partial charge in [-0.05, 0) is 31.0 Å². The number of rotatable bonds is 3. The van der Waals surface area contributed by atoms with Gasteiger partial charge in [0.1, 0.15) is 5.78 Å². The minimum Gasteiger partial charge on any atom is -0.299 e. The Morgan fingerprint density at radius 1 is 1.47 bits per heavy atom. The summed E-state index contributed by atoms with van der Waals surface area (Å²) in [6.45, 7) is 5.60. The molecule has 82 valence electrons. The Morgan fingerprint density at radius 2 is 2.07 bits per heavy atom. The second-order valence-electron chi connectivity index (χ2n) is 3.76. The summed E-state index contributed by atoms with van der Waals surface area (Å²) in [6, 6.07) is 5.80. The van der Waals surface area contributed by atoms with Crippen molar-refractivity contribution in [2.24, 2.45) is 0 Å². The monoisotopic (exact) mass is 288 g/mol. The molecular formula is C12H14BrClO. The SMILES string of the molecule is CC(=O)C(Br)C(C)c1cccc(Cl)c1C. The maximum Gasteiger partial charge on any atom is 0.144 e. The summed E-state index contributed by atoms with van der Waals surface area (Å²) in [5.41, 5.74) is 2.18. The van der Waals surface area contributed by atoms with Gasteiger partial charge < -0.3 is 0 Å². The molecule has 0 N–H and O–H groups in total. The second-order valence-corrected chi connectivity index (χ2v) is 5.15. The number of carbonyl (C=O) groups is 1. The van der Waals surface area contributed by atoms with Crippen molar-refractivity contribution in [3.8, 4) is 0 Å². The number of ketones is 1. The number of benzene rings is 1. The van der Waals surface area contributed by atoms with Crippen molar-refractivity contribution in [3.05, 3.63) is 34.3 Å². The molecule has 0 saturated carbocycles. The second kappa shape index (κ2) is 5.13. The molecule has 2 atom stereocenters. The van der Waals surface area contributed by atoms with Gasteiger partial charge in [0.15, 0.2) is 0 Å². The molecule has 3 heteroatoms. The summed E-state index contributed by atoms with van der Waals surface area (Å²) in [6.07, 6.45) is 0. The summed E-state index contributed by atoms with van der Waals surface area (Å²) < 4.78 is 0. The van der Waals surface area contributed by atoms with Crippen LogP contribution in [0, 0.1) is 6.92 Å². The highest BCUT2D eigenvalue weighted by molar-refractivity contribution is 9.10. The fourth-order valence-electron chi connectivity index (χ4n) is 1.63. The fourth-order valence-corrected chi connectivity index (χ4v) is 2.09. The maximum absolute atomic E-state index is 11.3. The van der Waals surface area contributed by atoms with Crippen molar-refractivity contribution < 1.29 is 4.79 Å². The Labute approximate surface area is 104 Å². The molecule has 1 aromatic carbocycles. The van der Waals surface area contributed by atoms with E-state index < -0.39 is 0 Å². The minimum atomic E-state index is -0.144. The Bertz CT molecular complexity index is 376. The number of carbonyl (C=O) groups excluding carboxylic acids is 1. The first-order valence-corrected chi connectivity index (χ1v) is 6.14. The lowest BCUT2D eigenvalue weighted by molar-refractivity contribution is -0.116. The van der Waals surface area contributed by atoms with Gasteiger partial charge in [0.05, 0.1) is 4.83 Å². The first kappa shape index (κ1) is 12.7. The average Bonchev–Trinajstić information content (AvgIpc) is 2.20. The van der Waals surface area contributed by atoms with E-state index in [0.29, 0.717) is 0 Å². The third-order valence-electron chi connectivity index (χ3n) is 2.63. The first-order chi connectivity index (χ1) is 6.95. The van der Waals surface area contributed by atoms with Crippen LogP contribution in [0.5, 0.6) is 0 Å². The first-order valence-electron chi connectivity index (χ1n) is 4.84. The number of hydrogen-bond acceptors (Lipinski definition) is 1. The molecule has 0 bridgehead atoms. The molecule has 15 heavy (non-hydrogen) atoms. The van der Waals surface area contributed by atoms with Crippen LogP contribution in [0.1, 0.15) is 30.9 Å². The van der Waals surface area contributed by atoms with Crippen molar-refractivity contribution in [1.82, 2.24) is 0 Å². The lowest BCUT2D eigenvalue weighted by Crippen LogP contribution is -2.18. The normalized spacial score (nSPS) is 14.7. The third kappa shape index (κ3) is 2.82. The molecule has 0 aliphatic carbocycles. The number of hydrogen-bond donors (Lipinski definition) is 0. The molecule has 1 rings (SSSR count). The highest BCUT2D eigenvalue weighted by atomic mass is 79.9. The van der Waals surface area contributed by atoms with Gasteiger partial charge in [-0.1, -0.05) is 46.6 Å². The molecule has 1 aromatic rings. The molecule has 0 aliphatic heterocycles. The zero-order valence-electron chi connectivity index (χ0n) is 9.05. The highest BCUT2D eigenvalue weighted by Crippen LogP contribution is 2.30. The quantitative estimate of drug-likeness (QED) is 0.766. The molecule has 0 aliphatic rings. The van der Waals surface area contributed by atoms with Crippen molar-refractivity contribution in [3.63, 3.8) is 0 Å². The average molecular weight is 290 g/mol. The van der Waals surface area contributed by atoms with Gasteiger partial charge in [0.2, 0.25) is 0 Å². The molecular weight excluding hydrogens is 275 g/mol. The van der Waals surface area contributed by atoms with Gasteiger partial charge in [-0.25, -0.2) is 0 Å². The molecule has 2 unspecified atom stereocenters. The van der Waals surface area contributed by atoms with Crippen LogP contribution in [0.2, 0.25) is 5.02 Å². The summed E-state index contributed by atoms with van der Waals surface area (Å²) in [5, 5.41) is 0.752. The van der Waals surface area contributed by atoms with Gasteiger partial charge >= 0.3 is 0 Å². The number of Topliss-reactive ketones (excluding diaryl/α,β-unsaturated/α-hetero) is 1. The van der Waals surface area contributed by atoms with Crippen molar-refractivity contribution in [2.45, 2.75) is 31.5 Å². The zero-order chi connectivity index (χ0) is 11.6. The minimum absolute atomic E-state index is 0.140. The lowest BCUT2D eigenvalue weighted by atomic mass is 9.92. The zero-order valence-corrected chi connectivity index (χ0v) is 11.4. The van der Waals surface area contributed by atoms with Crippen molar-refractivity contribution in [1.29, 1.82) is 0 Å². The van der Waals surface area contributed by atoms with E-state index in [2.05, 4.69) is 15.9 Å². The van der Waals surface area contributed by atoms with E-state index in [9.17, 15) is 4.79 Å². The summed E-state index contributed by atoms with van der Waals surface area (Å²) in [4.78, 5) is 11.1. The van der Waals surface area contributed by atoms with E-state index in [1.54, 1.807) is 6.92 Å². The smallest absolute Gasteiger partial charge is 0.144 e. The molecule has 0 aromatic heterocycles. The molecule has 0 spiro atoms. The summed E-state index contributed by atoms with van der Waals surface area (Å²) >= 11 is 9.45. The van der Waals surface area contributed by atoms with Crippen molar-refractivity contribution >= 4 is 33.3 Å². The van der Waals surface area contributed by atoms with Gasteiger partial charge in [-0.15, -0.1) is 0 Å². The highest BCUT2D eigenvalue weighted by Gasteiger charge is 2.21. The molecule has 0 saturated heterocycles. The predicted molar refractivity (Wildman–Crippen MR) is 68.0 cm³/mol. The van der Waals surface area contributed by atoms with Crippen LogP contribution < -0.4 is 0 Å². The Morgan fingerprint density at radius 3 is 2.60 bits per heavy atom. The number of alkyl halides is 1. The standard InChI is InChI=1S/C12H14BrClO/c1-7-10(5-4-6-11(7)14)8(2)12(13)9(3)15/h4-6,8,12H,1-3H3. The molecule has 0 amide bonds. The van der Waals surface area contributed by atoms with Crippen molar-refractivity contribution in [2.75, 3.05) is 0 Å². The molecule has 0 radical (unpaired) electrons. The van der Waals surface area contributed by atoms with Crippen LogP contribution in [0.25, 0.3) is 0 Å². The lowest BCUT2D eigenvalue weighted by Gasteiger charge is -2.18. The largest absolute Gasteiger partial charge is 0.299 e. The third-order valence-corrected chi connectivity index (χ3v) is 4.47. The topological polar surface area (TPSA) is 17.1 Å². The van der Waals surface area contributed by atoms with E-state index in [4.69, 9.17) is 11.6 Å². The number of halogens is 2. The Hall–Kier alpha value is -0.340. The van der Waals surface area contributed by atoms with E-state index in [1.807, 2.05) is 32.0 Å². The van der Waals surface area contributed by atoms with Gasteiger partial charge in [0.25, 0.3) is 0 Å². The van der Waals surface area contributed by atoms with E-state index in [1.165, 1.54) is 0 Å². The Balaban J connectivity index is 3.06. The maximum atomic E-state index is 11.3. The molecule has 0 fully saturated rings. The van der Waals surface area contributed by atoms with E-state index in [0.717, 1.165) is 16.1 Å². The van der Waals surface area contributed by atoms with Gasteiger partial charge in [0, 0.05) is 10.9 Å². The summed E-state index contributed by atoms with van der Waals surface area (Å²) in [7, 11) is 0.